The van der Waals surface area contributed by atoms with Crippen molar-refractivity contribution in [3.63, 3.8) is 0 Å². The van der Waals surface area contributed by atoms with E-state index in [-0.39, 0.29) is 36.4 Å². The summed E-state index contributed by atoms with van der Waals surface area (Å²) in [5.74, 6) is -1.78. The monoisotopic (exact) mass is 378 g/mol. The molecule has 0 aromatic carbocycles. The molecule has 0 radical (unpaired) electrons. The van der Waals surface area contributed by atoms with Gasteiger partial charge >= 0.3 is 11.9 Å². The zero-order chi connectivity index (χ0) is 19.5. The van der Waals surface area contributed by atoms with E-state index in [0.29, 0.717) is 5.57 Å². The minimum atomic E-state index is -1.21. The Hall–Kier alpha value is -1.44. The van der Waals surface area contributed by atoms with Crippen molar-refractivity contribution < 1.29 is 33.6 Å². The van der Waals surface area contributed by atoms with E-state index in [1.165, 1.54) is 0 Å². The zero-order valence-electron chi connectivity index (χ0n) is 16.2. The van der Waals surface area contributed by atoms with E-state index in [1.54, 1.807) is 33.8 Å². The van der Waals surface area contributed by atoms with E-state index in [0.717, 1.165) is 0 Å². The quantitative estimate of drug-likeness (QED) is 0.437. The first-order chi connectivity index (χ1) is 12.6. The molecule has 7 nitrogen and oxygen atoms in total. The van der Waals surface area contributed by atoms with Gasteiger partial charge in [-0.15, -0.1) is 0 Å². The Morgan fingerprint density at radius 3 is 2.67 bits per heavy atom. The van der Waals surface area contributed by atoms with Crippen LogP contribution in [0.15, 0.2) is 11.6 Å². The first kappa shape index (κ1) is 17.6. The van der Waals surface area contributed by atoms with Crippen molar-refractivity contribution in [1.29, 1.82) is 0 Å². The third-order valence-electron chi connectivity index (χ3n) is 7.72. The number of hydrogen-bond donors (Lipinski definition) is 1. The summed E-state index contributed by atoms with van der Waals surface area (Å²) in [5, 5.41) is 11.4. The van der Waals surface area contributed by atoms with Gasteiger partial charge in [-0.2, -0.15) is 0 Å². The molecule has 148 valence electrons. The van der Waals surface area contributed by atoms with Gasteiger partial charge in [-0.3, -0.25) is 4.79 Å². The summed E-state index contributed by atoms with van der Waals surface area (Å²) in [5.41, 5.74) is -2.01. The van der Waals surface area contributed by atoms with Crippen LogP contribution in [0.25, 0.3) is 0 Å². The van der Waals surface area contributed by atoms with Gasteiger partial charge < -0.3 is 24.1 Å². The molecule has 2 saturated carbocycles. The summed E-state index contributed by atoms with van der Waals surface area (Å²) in [6.45, 7) is 9.00. The largest absolute Gasteiger partial charge is 0.461 e. The van der Waals surface area contributed by atoms with Gasteiger partial charge in [0.1, 0.15) is 35.6 Å². The van der Waals surface area contributed by atoms with E-state index in [9.17, 15) is 14.7 Å². The van der Waals surface area contributed by atoms with E-state index < -0.39 is 40.9 Å². The maximum absolute atomic E-state index is 12.5. The molecule has 0 aromatic heterocycles. The fraction of sp³-hybridized carbons (Fsp3) is 0.800. The van der Waals surface area contributed by atoms with Crippen molar-refractivity contribution in [2.75, 3.05) is 0 Å². The van der Waals surface area contributed by atoms with Crippen LogP contribution in [-0.4, -0.2) is 58.3 Å². The molecule has 3 saturated heterocycles. The van der Waals surface area contributed by atoms with Crippen molar-refractivity contribution in [3.05, 3.63) is 11.6 Å². The average Bonchev–Trinajstić information content (AvgIpc) is 3.45. The second-order valence-electron chi connectivity index (χ2n) is 9.19. The highest BCUT2D eigenvalue weighted by atomic mass is 16.7. The van der Waals surface area contributed by atoms with Gasteiger partial charge in [0.25, 0.3) is 0 Å². The minimum Gasteiger partial charge on any atom is -0.461 e. The van der Waals surface area contributed by atoms with Crippen molar-refractivity contribution in [3.8, 4) is 0 Å². The van der Waals surface area contributed by atoms with Crippen LogP contribution in [0.3, 0.4) is 0 Å². The molecule has 0 bridgehead atoms. The number of aliphatic hydroxyl groups is 1. The van der Waals surface area contributed by atoms with Gasteiger partial charge in [0.15, 0.2) is 0 Å². The highest BCUT2D eigenvalue weighted by Gasteiger charge is 2.93. The second-order valence-corrected chi connectivity index (χ2v) is 9.19. The van der Waals surface area contributed by atoms with Crippen molar-refractivity contribution in [1.82, 2.24) is 0 Å². The predicted octanol–water partition coefficient (Wildman–Crippen LogP) is 1.12. The minimum absolute atomic E-state index is 0.0754. The number of epoxide rings is 2. The van der Waals surface area contributed by atoms with Crippen LogP contribution < -0.4 is 0 Å². The Bertz CT molecular complexity index is 772. The Kier molecular flexibility index (Phi) is 3.22. The molecule has 3 heterocycles. The topological polar surface area (TPSA) is 97.9 Å². The number of esters is 2. The summed E-state index contributed by atoms with van der Waals surface area (Å²) < 4.78 is 23.6. The first-order valence-corrected chi connectivity index (χ1v) is 9.71. The molecular formula is C20H26O7. The summed E-state index contributed by atoms with van der Waals surface area (Å²) in [7, 11) is 0. The van der Waals surface area contributed by atoms with Crippen molar-refractivity contribution in [2.24, 2.45) is 17.8 Å². The maximum atomic E-state index is 12.5. The number of carbonyl (C=O) groups is 2. The molecule has 0 amide bonds. The van der Waals surface area contributed by atoms with Gasteiger partial charge in [-0.25, -0.2) is 4.79 Å². The standard InChI is InChI=1S/C20H26O7/c1-6-8(2)16(21)24-10-7-18(4,23)20-13(12-11(10)9(3)17(22)25-12)19(5)14(26-19)15(20)27-20/h6,9-15,23H,7H2,1-5H3. The number of ether oxygens (including phenoxy) is 4. The molecule has 27 heavy (non-hydrogen) atoms. The van der Waals surface area contributed by atoms with E-state index in [4.69, 9.17) is 18.9 Å². The van der Waals surface area contributed by atoms with Gasteiger partial charge in [-0.05, 0) is 27.7 Å². The number of carbonyl (C=O) groups excluding carboxylic acids is 2. The van der Waals surface area contributed by atoms with Crippen LogP contribution in [0.2, 0.25) is 0 Å². The molecule has 0 aromatic rings. The van der Waals surface area contributed by atoms with Crippen molar-refractivity contribution >= 4 is 11.9 Å². The third kappa shape index (κ3) is 1.93. The lowest BCUT2D eigenvalue weighted by Crippen LogP contribution is -2.53. The molecule has 5 fully saturated rings. The maximum Gasteiger partial charge on any atom is 0.333 e. The van der Waals surface area contributed by atoms with Crippen LogP contribution >= 0.6 is 0 Å². The molecule has 5 aliphatic rings. The Morgan fingerprint density at radius 2 is 2.00 bits per heavy atom. The summed E-state index contributed by atoms with van der Waals surface area (Å²) in [6.07, 6.45) is 0.462. The highest BCUT2D eigenvalue weighted by molar-refractivity contribution is 5.87. The number of hydrogen-bond acceptors (Lipinski definition) is 7. The normalized spacial score (nSPS) is 57.6. The van der Waals surface area contributed by atoms with Crippen LogP contribution in [0, 0.1) is 17.8 Å². The Morgan fingerprint density at radius 1 is 1.30 bits per heavy atom. The van der Waals surface area contributed by atoms with Crippen molar-refractivity contribution in [2.45, 2.75) is 82.3 Å². The van der Waals surface area contributed by atoms with E-state index in [1.807, 2.05) is 6.92 Å². The zero-order valence-corrected chi connectivity index (χ0v) is 16.2. The molecule has 1 spiro atoms. The Labute approximate surface area is 158 Å². The van der Waals surface area contributed by atoms with E-state index in [2.05, 4.69) is 0 Å². The summed E-state index contributed by atoms with van der Waals surface area (Å²) in [6, 6.07) is 0. The third-order valence-corrected chi connectivity index (χ3v) is 7.72. The number of fused-ring (bicyclic) bond motifs is 5. The Balaban J connectivity index is 1.57. The lowest BCUT2D eigenvalue weighted by Gasteiger charge is -2.36. The molecule has 10 unspecified atom stereocenters. The van der Waals surface area contributed by atoms with Crippen LogP contribution in [0.4, 0.5) is 0 Å². The first-order valence-electron chi connectivity index (χ1n) is 9.71. The van der Waals surface area contributed by atoms with E-state index >= 15 is 0 Å². The van der Waals surface area contributed by atoms with Crippen LogP contribution in [-0.2, 0) is 28.5 Å². The van der Waals surface area contributed by atoms with Crippen LogP contribution in [0.1, 0.15) is 41.0 Å². The summed E-state index contributed by atoms with van der Waals surface area (Å²) >= 11 is 0. The lowest BCUT2D eigenvalue weighted by molar-refractivity contribution is -0.154. The van der Waals surface area contributed by atoms with Gasteiger partial charge in [0.05, 0.1) is 17.4 Å². The molecule has 1 N–H and O–H groups in total. The lowest BCUT2D eigenvalue weighted by atomic mass is 9.73. The number of allylic oxidation sites excluding steroid dienone is 1. The molecule has 10 atom stereocenters. The fourth-order valence-corrected chi connectivity index (χ4v) is 6.07. The molecule has 3 aliphatic heterocycles. The summed E-state index contributed by atoms with van der Waals surface area (Å²) in [4.78, 5) is 24.9. The van der Waals surface area contributed by atoms with Crippen LogP contribution in [0.5, 0.6) is 0 Å². The smallest absolute Gasteiger partial charge is 0.333 e. The molecule has 2 aliphatic carbocycles. The molecular weight excluding hydrogens is 352 g/mol. The van der Waals surface area contributed by atoms with Gasteiger partial charge in [0.2, 0.25) is 0 Å². The van der Waals surface area contributed by atoms with Gasteiger partial charge in [0, 0.05) is 17.9 Å². The highest BCUT2D eigenvalue weighted by Crippen LogP contribution is 2.75. The molecule has 7 heteroatoms. The van der Waals surface area contributed by atoms with Gasteiger partial charge in [-0.1, -0.05) is 13.0 Å². The number of rotatable bonds is 2. The molecule has 5 rings (SSSR count). The fourth-order valence-electron chi connectivity index (χ4n) is 6.07. The predicted molar refractivity (Wildman–Crippen MR) is 91.5 cm³/mol. The second kappa shape index (κ2) is 4.93. The SMILES string of the molecule is CC=C(C)C(=O)OC1CC(C)(O)C23OC2C2OC2(C)C3C2OC(=O)C(C)C12. The average molecular weight is 378 g/mol.